The van der Waals surface area contributed by atoms with Crippen molar-refractivity contribution in [2.75, 3.05) is 24.6 Å². The van der Waals surface area contributed by atoms with E-state index in [-0.39, 0.29) is 11.7 Å². The van der Waals surface area contributed by atoms with Crippen molar-refractivity contribution in [1.82, 2.24) is 4.90 Å². The molecule has 1 aliphatic rings. The molecule has 0 unspecified atom stereocenters. The van der Waals surface area contributed by atoms with Crippen LogP contribution in [0, 0.1) is 0 Å². The van der Waals surface area contributed by atoms with E-state index in [0.29, 0.717) is 5.56 Å². The van der Waals surface area contributed by atoms with E-state index < -0.39 is 0 Å². The Morgan fingerprint density at radius 3 is 2.63 bits per heavy atom. The normalized spacial score (nSPS) is 15.7. The maximum atomic E-state index is 12.4. The fourth-order valence-corrected chi connectivity index (χ4v) is 3.27. The smallest absolute Gasteiger partial charge is 0.257 e. The first kappa shape index (κ1) is 12.4. The molecule has 1 heterocycles. The highest BCUT2D eigenvalue weighted by Gasteiger charge is 2.21. The summed E-state index contributed by atoms with van der Waals surface area (Å²) in [5.41, 5.74) is 0.408. The minimum atomic E-state index is -0.0662. The Kier molecular flexibility index (Phi) is 3.34. The van der Waals surface area contributed by atoms with E-state index in [0.717, 1.165) is 35.4 Å². The van der Waals surface area contributed by atoms with E-state index >= 15 is 0 Å². The van der Waals surface area contributed by atoms with Crippen LogP contribution < -0.4 is 0 Å². The number of hydrogen-bond donors (Lipinski definition) is 1. The number of phenolic OH excluding ortho intramolecular Hbond substituents is 1. The van der Waals surface area contributed by atoms with Crippen LogP contribution in [0.2, 0.25) is 0 Å². The lowest BCUT2D eigenvalue weighted by Crippen LogP contribution is -2.37. The third-order valence-electron chi connectivity index (χ3n) is 3.43. The first-order valence-corrected chi connectivity index (χ1v) is 7.50. The Balaban J connectivity index is 2.00. The quantitative estimate of drug-likeness (QED) is 0.868. The molecule has 2 aromatic carbocycles. The number of carbonyl (C=O) groups excluding carboxylic acids is 1. The van der Waals surface area contributed by atoms with Gasteiger partial charge in [0.15, 0.2) is 0 Å². The summed E-state index contributed by atoms with van der Waals surface area (Å²) in [6.45, 7) is 1.52. The SMILES string of the molecule is O=C(c1ccc2ccccc2c1O)N1CCSCC1. The number of carbonyl (C=O) groups is 1. The second kappa shape index (κ2) is 5.13. The van der Waals surface area contributed by atoms with Gasteiger partial charge in [-0.25, -0.2) is 0 Å². The summed E-state index contributed by atoms with van der Waals surface area (Å²) in [4.78, 5) is 14.2. The average molecular weight is 273 g/mol. The molecule has 98 valence electrons. The Hall–Kier alpha value is -1.68. The molecule has 2 aromatic rings. The molecule has 4 heteroatoms. The van der Waals surface area contributed by atoms with E-state index in [1.165, 1.54) is 0 Å². The van der Waals surface area contributed by atoms with Crippen molar-refractivity contribution in [3.63, 3.8) is 0 Å². The van der Waals surface area contributed by atoms with Crippen molar-refractivity contribution < 1.29 is 9.90 Å². The third-order valence-corrected chi connectivity index (χ3v) is 4.37. The topological polar surface area (TPSA) is 40.5 Å². The number of phenols is 1. The molecule has 3 rings (SSSR count). The van der Waals surface area contributed by atoms with E-state index in [1.807, 2.05) is 47.0 Å². The zero-order valence-corrected chi connectivity index (χ0v) is 11.3. The summed E-state index contributed by atoms with van der Waals surface area (Å²) in [6.07, 6.45) is 0. The highest BCUT2D eigenvalue weighted by molar-refractivity contribution is 7.99. The van der Waals surface area contributed by atoms with E-state index in [4.69, 9.17) is 0 Å². The predicted octanol–water partition coefficient (Wildman–Crippen LogP) is 2.73. The monoisotopic (exact) mass is 273 g/mol. The molecule has 0 bridgehead atoms. The Morgan fingerprint density at radius 2 is 1.84 bits per heavy atom. The van der Waals surface area contributed by atoms with Crippen LogP contribution in [0.5, 0.6) is 5.75 Å². The Labute approximate surface area is 116 Å². The first-order chi connectivity index (χ1) is 9.27. The fraction of sp³-hybridized carbons (Fsp3) is 0.267. The van der Waals surface area contributed by atoms with Gasteiger partial charge in [-0.2, -0.15) is 11.8 Å². The second-order valence-corrected chi connectivity index (χ2v) is 5.81. The number of nitrogens with zero attached hydrogens (tertiary/aromatic N) is 1. The summed E-state index contributed by atoms with van der Waals surface area (Å²) in [5.74, 6) is 1.98. The molecule has 19 heavy (non-hydrogen) atoms. The number of hydrogen-bond acceptors (Lipinski definition) is 3. The van der Waals surface area contributed by atoms with Gasteiger partial charge in [0.1, 0.15) is 5.75 Å². The number of aromatic hydroxyl groups is 1. The van der Waals surface area contributed by atoms with Gasteiger partial charge < -0.3 is 10.0 Å². The van der Waals surface area contributed by atoms with E-state index in [2.05, 4.69) is 0 Å². The van der Waals surface area contributed by atoms with Gasteiger partial charge in [-0.3, -0.25) is 4.79 Å². The summed E-state index contributed by atoms with van der Waals surface area (Å²) in [5, 5.41) is 12.0. The van der Waals surface area contributed by atoms with Crippen LogP contribution in [-0.4, -0.2) is 40.5 Å². The number of thioether (sulfide) groups is 1. The number of benzene rings is 2. The van der Waals surface area contributed by atoms with Gasteiger partial charge in [-0.15, -0.1) is 0 Å². The molecule has 1 saturated heterocycles. The lowest BCUT2D eigenvalue weighted by atomic mass is 10.0. The Morgan fingerprint density at radius 1 is 1.11 bits per heavy atom. The second-order valence-electron chi connectivity index (χ2n) is 4.59. The average Bonchev–Trinajstić information content (AvgIpc) is 2.48. The Bertz CT molecular complexity index is 621. The summed E-state index contributed by atoms with van der Waals surface area (Å²) in [6, 6.07) is 11.2. The van der Waals surface area contributed by atoms with Crippen molar-refractivity contribution in [2.24, 2.45) is 0 Å². The molecule has 3 nitrogen and oxygen atoms in total. The standard InChI is InChI=1S/C15H15NO2S/c17-14-12-4-2-1-3-11(12)5-6-13(14)15(18)16-7-9-19-10-8-16/h1-6,17H,7-10H2. The van der Waals surface area contributed by atoms with Crippen LogP contribution in [0.3, 0.4) is 0 Å². The highest BCUT2D eigenvalue weighted by Crippen LogP contribution is 2.29. The van der Waals surface area contributed by atoms with Gasteiger partial charge >= 0.3 is 0 Å². The maximum Gasteiger partial charge on any atom is 0.257 e. The summed E-state index contributed by atoms with van der Waals surface area (Å²) in [7, 11) is 0. The van der Waals surface area contributed by atoms with E-state index in [9.17, 15) is 9.90 Å². The molecule has 1 amide bonds. The molecule has 0 saturated carbocycles. The lowest BCUT2D eigenvalue weighted by Gasteiger charge is -2.26. The zero-order chi connectivity index (χ0) is 13.2. The molecule has 0 aliphatic carbocycles. The van der Waals surface area contributed by atoms with Crippen LogP contribution in [-0.2, 0) is 0 Å². The van der Waals surface area contributed by atoms with Crippen molar-refractivity contribution >= 4 is 28.4 Å². The van der Waals surface area contributed by atoms with Gasteiger partial charge in [0.05, 0.1) is 5.56 Å². The number of amides is 1. The van der Waals surface area contributed by atoms with Crippen LogP contribution in [0.4, 0.5) is 0 Å². The molecule has 1 fully saturated rings. The minimum Gasteiger partial charge on any atom is -0.506 e. The van der Waals surface area contributed by atoms with Crippen LogP contribution in [0.1, 0.15) is 10.4 Å². The van der Waals surface area contributed by atoms with Crippen LogP contribution in [0.15, 0.2) is 36.4 Å². The highest BCUT2D eigenvalue weighted by atomic mass is 32.2. The molecule has 1 N–H and O–H groups in total. The minimum absolute atomic E-state index is 0.0662. The van der Waals surface area contributed by atoms with Gasteiger partial charge in [-0.05, 0) is 11.5 Å². The summed E-state index contributed by atoms with van der Waals surface area (Å²) >= 11 is 1.86. The van der Waals surface area contributed by atoms with Crippen LogP contribution >= 0.6 is 11.8 Å². The maximum absolute atomic E-state index is 12.4. The summed E-state index contributed by atoms with van der Waals surface area (Å²) < 4.78 is 0. The zero-order valence-electron chi connectivity index (χ0n) is 10.5. The van der Waals surface area contributed by atoms with E-state index in [1.54, 1.807) is 6.07 Å². The molecule has 0 aromatic heterocycles. The van der Waals surface area contributed by atoms with Gasteiger partial charge in [0, 0.05) is 30.0 Å². The van der Waals surface area contributed by atoms with Gasteiger partial charge in [0.25, 0.3) is 5.91 Å². The fourth-order valence-electron chi connectivity index (χ4n) is 2.36. The van der Waals surface area contributed by atoms with Gasteiger partial charge in [0.2, 0.25) is 0 Å². The molecule has 0 radical (unpaired) electrons. The van der Waals surface area contributed by atoms with Crippen molar-refractivity contribution in [3.05, 3.63) is 42.0 Å². The molecular weight excluding hydrogens is 258 g/mol. The number of rotatable bonds is 1. The molecule has 0 spiro atoms. The largest absolute Gasteiger partial charge is 0.506 e. The first-order valence-electron chi connectivity index (χ1n) is 6.35. The molecular formula is C15H15NO2S. The lowest BCUT2D eigenvalue weighted by molar-refractivity contribution is 0.0769. The number of fused-ring (bicyclic) bond motifs is 1. The molecule has 0 atom stereocenters. The predicted molar refractivity (Wildman–Crippen MR) is 78.8 cm³/mol. The molecule has 1 aliphatic heterocycles. The third kappa shape index (κ3) is 2.28. The van der Waals surface area contributed by atoms with Crippen molar-refractivity contribution in [3.8, 4) is 5.75 Å². The van der Waals surface area contributed by atoms with Crippen LogP contribution in [0.25, 0.3) is 10.8 Å². The van der Waals surface area contributed by atoms with Crippen molar-refractivity contribution in [2.45, 2.75) is 0 Å². The van der Waals surface area contributed by atoms with Crippen molar-refractivity contribution in [1.29, 1.82) is 0 Å². The van der Waals surface area contributed by atoms with Gasteiger partial charge in [-0.1, -0.05) is 30.3 Å².